The Hall–Kier alpha value is -4.15. The highest BCUT2D eigenvalue weighted by molar-refractivity contribution is 6.12. The standard InChI is InChI=1S/C31H34F2N6O2/c1-38-8-10-39(11-9-38)25-3-4-26(29(18-25)36-22-6-12-41-13-7-22)31(40)37-30-19-34-28-5-2-23(17-27(28)30)35-24-15-20(32)14-21(33)16-24/h2-5,14-19,22,34-36H,6-13H2,1H3,(H,37,40). The van der Waals surface area contributed by atoms with Crippen molar-refractivity contribution in [2.24, 2.45) is 0 Å². The van der Waals surface area contributed by atoms with Gasteiger partial charge in [-0.3, -0.25) is 4.79 Å². The number of halogens is 2. The summed E-state index contributed by atoms with van der Waals surface area (Å²) >= 11 is 0. The highest BCUT2D eigenvalue weighted by Gasteiger charge is 2.21. The van der Waals surface area contributed by atoms with Crippen LogP contribution in [-0.4, -0.2) is 68.3 Å². The maximum absolute atomic E-state index is 13.7. The topological polar surface area (TPSA) is 84.7 Å². The van der Waals surface area contributed by atoms with Crippen LogP contribution in [0.5, 0.6) is 0 Å². The van der Waals surface area contributed by atoms with E-state index in [0.29, 0.717) is 35.8 Å². The van der Waals surface area contributed by atoms with Crippen LogP contribution in [0.4, 0.5) is 37.2 Å². The summed E-state index contributed by atoms with van der Waals surface area (Å²) in [6.45, 7) is 5.27. The summed E-state index contributed by atoms with van der Waals surface area (Å²) in [7, 11) is 2.13. The van der Waals surface area contributed by atoms with Gasteiger partial charge >= 0.3 is 0 Å². The number of aromatic nitrogens is 1. The number of rotatable bonds is 7. The molecule has 2 aliphatic heterocycles. The molecule has 10 heteroatoms. The Balaban J connectivity index is 1.25. The quantitative estimate of drug-likeness (QED) is 0.229. The van der Waals surface area contributed by atoms with Crippen molar-refractivity contribution in [1.29, 1.82) is 0 Å². The number of aromatic amines is 1. The average Bonchev–Trinajstić information content (AvgIpc) is 3.35. The third-order valence-corrected chi connectivity index (χ3v) is 7.78. The van der Waals surface area contributed by atoms with Crippen molar-refractivity contribution in [1.82, 2.24) is 9.88 Å². The van der Waals surface area contributed by atoms with Gasteiger partial charge in [-0.05, 0) is 68.4 Å². The van der Waals surface area contributed by atoms with Gasteiger partial charge < -0.3 is 35.5 Å². The number of amides is 1. The van der Waals surface area contributed by atoms with E-state index >= 15 is 0 Å². The summed E-state index contributed by atoms with van der Waals surface area (Å²) in [6, 6.07) is 15.0. The molecule has 0 radical (unpaired) electrons. The van der Waals surface area contributed by atoms with Crippen LogP contribution in [0.25, 0.3) is 10.9 Å². The Morgan fingerprint density at radius 1 is 0.902 bits per heavy atom. The summed E-state index contributed by atoms with van der Waals surface area (Å²) in [6.07, 6.45) is 3.51. The lowest BCUT2D eigenvalue weighted by Gasteiger charge is -2.34. The largest absolute Gasteiger partial charge is 0.381 e. The molecule has 8 nitrogen and oxygen atoms in total. The number of H-pyrrole nitrogens is 1. The van der Waals surface area contributed by atoms with Crippen molar-refractivity contribution in [2.45, 2.75) is 18.9 Å². The van der Waals surface area contributed by atoms with E-state index in [1.807, 2.05) is 24.3 Å². The maximum atomic E-state index is 13.7. The highest BCUT2D eigenvalue weighted by Crippen LogP contribution is 2.31. The lowest BCUT2D eigenvalue weighted by molar-refractivity contribution is 0.0904. The minimum atomic E-state index is -0.660. The molecule has 1 aromatic heterocycles. The van der Waals surface area contributed by atoms with E-state index in [1.165, 1.54) is 12.1 Å². The van der Waals surface area contributed by atoms with E-state index in [9.17, 15) is 13.6 Å². The minimum Gasteiger partial charge on any atom is -0.381 e. The van der Waals surface area contributed by atoms with Gasteiger partial charge in [-0.2, -0.15) is 0 Å². The van der Waals surface area contributed by atoms with Crippen LogP contribution in [0.2, 0.25) is 0 Å². The zero-order chi connectivity index (χ0) is 28.3. The molecule has 0 saturated carbocycles. The van der Waals surface area contributed by atoms with Crippen LogP contribution in [0, 0.1) is 11.6 Å². The summed E-state index contributed by atoms with van der Waals surface area (Å²) in [4.78, 5) is 21.6. The van der Waals surface area contributed by atoms with Gasteiger partial charge in [-0.15, -0.1) is 0 Å². The fourth-order valence-electron chi connectivity index (χ4n) is 5.46. The molecule has 0 unspecified atom stereocenters. The second-order valence-corrected chi connectivity index (χ2v) is 10.8. The zero-order valence-corrected chi connectivity index (χ0v) is 23.0. The lowest BCUT2D eigenvalue weighted by Crippen LogP contribution is -2.44. The molecule has 2 fully saturated rings. The highest BCUT2D eigenvalue weighted by atomic mass is 19.1. The molecular formula is C31H34F2N6O2. The number of anilines is 5. The first-order valence-electron chi connectivity index (χ1n) is 14.0. The van der Waals surface area contributed by atoms with Crippen LogP contribution in [0.3, 0.4) is 0 Å². The van der Waals surface area contributed by atoms with Gasteiger partial charge in [0.25, 0.3) is 5.91 Å². The first kappa shape index (κ1) is 27.0. The molecule has 3 heterocycles. The molecule has 2 saturated heterocycles. The van der Waals surface area contributed by atoms with Gasteiger partial charge in [0, 0.05) is 91.4 Å². The van der Waals surface area contributed by atoms with E-state index in [2.05, 4.69) is 43.8 Å². The van der Waals surface area contributed by atoms with E-state index in [1.54, 1.807) is 12.3 Å². The first-order valence-corrected chi connectivity index (χ1v) is 14.0. The van der Waals surface area contributed by atoms with Crippen molar-refractivity contribution in [2.75, 3.05) is 67.3 Å². The summed E-state index contributed by atoms with van der Waals surface area (Å²) in [5.74, 6) is -1.55. The third-order valence-electron chi connectivity index (χ3n) is 7.78. The molecule has 4 aromatic rings. The number of nitrogens with one attached hydrogen (secondary N) is 4. The third kappa shape index (κ3) is 6.28. The molecule has 0 spiro atoms. The fourth-order valence-corrected chi connectivity index (χ4v) is 5.46. The van der Waals surface area contributed by atoms with Crippen LogP contribution in [0.15, 0.2) is 60.8 Å². The molecule has 6 rings (SSSR count). The second kappa shape index (κ2) is 11.8. The van der Waals surface area contributed by atoms with E-state index in [4.69, 9.17) is 4.74 Å². The molecule has 0 aliphatic carbocycles. The number of hydrogen-bond acceptors (Lipinski definition) is 6. The molecule has 1 amide bonds. The van der Waals surface area contributed by atoms with Gasteiger partial charge in [0.05, 0.1) is 11.3 Å². The predicted octanol–water partition coefficient (Wildman–Crippen LogP) is 5.78. The van der Waals surface area contributed by atoms with Crippen molar-refractivity contribution >= 4 is 45.2 Å². The van der Waals surface area contributed by atoms with Crippen LogP contribution >= 0.6 is 0 Å². The molecule has 3 aromatic carbocycles. The number of likely N-dealkylation sites (N-methyl/N-ethyl adjacent to an activating group) is 1. The van der Waals surface area contributed by atoms with E-state index in [0.717, 1.165) is 67.4 Å². The van der Waals surface area contributed by atoms with Crippen molar-refractivity contribution in [3.63, 3.8) is 0 Å². The Labute approximate surface area is 237 Å². The molecule has 214 valence electrons. The molecule has 4 N–H and O–H groups in total. The van der Waals surface area contributed by atoms with Crippen molar-refractivity contribution in [3.8, 4) is 0 Å². The summed E-state index contributed by atoms with van der Waals surface area (Å²) in [5.41, 5.74) is 4.83. The number of nitrogens with zero attached hydrogens (tertiary/aromatic N) is 2. The summed E-state index contributed by atoms with van der Waals surface area (Å²) < 4.78 is 32.9. The number of ether oxygens (including phenoxy) is 1. The van der Waals surface area contributed by atoms with Crippen LogP contribution in [0.1, 0.15) is 23.2 Å². The average molecular weight is 561 g/mol. The van der Waals surface area contributed by atoms with E-state index < -0.39 is 11.6 Å². The number of hydrogen-bond donors (Lipinski definition) is 4. The molecule has 0 atom stereocenters. The predicted molar refractivity (Wildman–Crippen MR) is 160 cm³/mol. The number of piperazine rings is 1. The van der Waals surface area contributed by atoms with Crippen LogP contribution in [-0.2, 0) is 4.74 Å². The van der Waals surface area contributed by atoms with E-state index in [-0.39, 0.29) is 11.9 Å². The Kier molecular flexibility index (Phi) is 7.76. The van der Waals surface area contributed by atoms with Gasteiger partial charge in [-0.25, -0.2) is 8.78 Å². The Bertz CT molecular complexity index is 1520. The van der Waals surface area contributed by atoms with Crippen molar-refractivity contribution < 1.29 is 18.3 Å². The molecule has 41 heavy (non-hydrogen) atoms. The second-order valence-electron chi connectivity index (χ2n) is 10.8. The monoisotopic (exact) mass is 560 g/mol. The van der Waals surface area contributed by atoms with Gasteiger partial charge in [0.1, 0.15) is 11.6 Å². The smallest absolute Gasteiger partial charge is 0.257 e. The maximum Gasteiger partial charge on any atom is 0.257 e. The van der Waals surface area contributed by atoms with Gasteiger partial charge in [0.2, 0.25) is 0 Å². The molecular weight excluding hydrogens is 526 g/mol. The SMILES string of the molecule is CN1CCN(c2ccc(C(=O)Nc3c[nH]c4ccc(Nc5cc(F)cc(F)c5)cc34)c(NC3CCOCC3)c2)CC1. The van der Waals surface area contributed by atoms with Gasteiger partial charge in [0.15, 0.2) is 0 Å². The number of carbonyl (C=O) groups excluding carboxylic acids is 1. The zero-order valence-electron chi connectivity index (χ0n) is 23.0. The minimum absolute atomic E-state index is 0.226. The summed E-state index contributed by atoms with van der Waals surface area (Å²) in [5, 5.41) is 10.5. The number of carbonyl (C=O) groups is 1. The Morgan fingerprint density at radius 2 is 1.66 bits per heavy atom. The molecule has 2 aliphatic rings. The Morgan fingerprint density at radius 3 is 2.41 bits per heavy atom. The number of benzene rings is 3. The molecule has 0 bridgehead atoms. The van der Waals surface area contributed by atoms with Crippen molar-refractivity contribution in [3.05, 3.63) is 78.0 Å². The lowest BCUT2D eigenvalue weighted by atomic mass is 10.1. The fraction of sp³-hybridized carbons (Fsp3) is 0.323. The van der Waals surface area contributed by atoms with Crippen LogP contribution < -0.4 is 20.9 Å². The van der Waals surface area contributed by atoms with Gasteiger partial charge in [-0.1, -0.05) is 0 Å². The normalized spacial score (nSPS) is 16.6. The number of fused-ring (bicyclic) bond motifs is 1. The first-order chi connectivity index (χ1) is 19.9.